The molecule has 156 valence electrons. The lowest BCUT2D eigenvalue weighted by Crippen LogP contribution is -2.49. The fourth-order valence-electron chi connectivity index (χ4n) is 3.44. The predicted molar refractivity (Wildman–Crippen MR) is 110 cm³/mol. The Hall–Kier alpha value is -1.92. The van der Waals surface area contributed by atoms with Crippen molar-refractivity contribution in [1.29, 1.82) is 0 Å². The molecule has 1 aliphatic rings. The quantitative estimate of drug-likeness (QED) is 0.589. The minimum atomic E-state index is -0.0682. The highest BCUT2D eigenvalue weighted by Gasteiger charge is 2.22. The molecule has 1 N–H and O–H groups in total. The molecule has 1 atom stereocenters. The normalized spacial score (nSPS) is 16.0. The maximum absolute atomic E-state index is 12.3. The first-order valence-electron chi connectivity index (χ1n) is 10.3. The van der Waals surface area contributed by atoms with Crippen LogP contribution in [0.25, 0.3) is 0 Å². The average molecular weight is 391 g/mol. The maximum Gasteiger partial charge on any atom is 0.220 e. The Morgan fingerprint density at radius 1 is 1.14 bits per heavy atom. The average Bonchev–Trinajstić information content (AvgIpc) is 2.70. The summed E-state index contributed by atoms with van der Waals surface area (Å²) in [6.45, 7) is 10.8. The SMILES string of the molecule is CCOc1ccc(C(=O)CCC(=O)NCC(CC(C)C)N2CCOCC2)cc1. The molecule has 1 heterocycles. The van der Waals surface area contributed by atoms with E-state index in [0.717, 1.165) is 38.5 Å². The summed E-state index contributed by atoms with van der Waals surface area (Å²) < 4.78 is 10.8. The Morgan fingerprint density at radius 2 is 1.82 bits per heavy atom. The van der Waals surface area contributed by atoms with Crippen molar-refractivity contribution in [3.8, 4) is 5.75 Å². The third-order valence-electron chi connectivity index (χ3n) is 4.91. The fraction of sp³-hybridized carbons (Fsp3) is 0.636. The van der Waals surface area contributed by atoms with Crippen molar-refractivity contribution in [2.24, 2.45) is 5.92 Å². The molecule has 0 aliphatic carbocycles. The van der Waals surface area contributed by atoms with E-state index in [-0.39, 0.29) is 24.5 Å². The Labute approximate surface area is 168 Å². The second-order valence-corrected chi connectivity index (χ2v) is 7.62. The van der Waals surface area contributed by atoms with E-state index < -0.39 is 0 Å². The van der Waals surface area contributed by atoms with Gasteiger partial charge in [0.15, 0.2) is 5.78 Å². The van der Waals surface area contributed by atoms with Crippen molar-refractivity contribution in [1.82, 2.24) is 10.2 Å². The van der Waals surface area contributed by atoms with Crippen LogP contribution >= 0.6 is 0 Å². The molecule has 1 fully saturated rings. The molecule has 1 saturated heterocycles. The number of amides is 1. The van der Waals surface area contributed by atoms with Gasteiger partial charge in [0.1, 0.15) is 5.75 Å². The van der Waals surface area contributed by atoms with Crippen molar-refractivity contribution < 1.29 is 19.1 Å². The number of carbonyl (C=O) groups is 2. The number of morpholine rings is 1. The molecule has 0 bridgehead atoms. The van der Waals surface area contributed by atoms with E-state index in [1.165, 1.54) is 0 Å². The lowest BCUT2D eigenvalue weighted by atomic mass is 10.0. The molecule has 0 saturated carbocycles. The fourth-order valence-corrected chi connectivity index (χ4v) is 3.44. The lowest BCUT2D eigenvalue weighted by molar-refractivity contribution is -0.121. The summed E-state index contributed by atoms with van der Waals surface area (Å²) in [5.41, 5.74) is 0.613. The third-order valence-corrected chi connectivity index (χ3v) is 4.91. The smallest absolute Gasteiger partial charge is 0.220 e. The second-order valence-electron chi connectivity index (χ2n) is 7.62. The molecule has 2 rings (SSSR count). The summed E-state index contributed by atoms with van der Waals surface area (Å²) in [5, 5.41) is 3.02. The van der Waals surface area contributed by atoms with Gasteiger partial charge in [-0.3, -0.25) is 14.5 Å². The number of rotatable bonds is 11. The summed E-state index contributed by atoms with van der Waals surface area (Å²) in [4.78, 5) is 27.0. The number of ketones is 1. The standard InChI is InChI=1S/C22H34N2O4/c1-4-28-20-7-5-18(6-8-20)21(25)9-10-22(26)23-16-19(15-17(2)3)24-11-13-27-14-12-24/h5-8,17,19H,4,9-16H2,1-3H3,(H,23,26). The molecule has 6 nitrogen and oxygen atoms in total. The van der Waals surface area contributed by atoms with E-state index in [9.17, 15) is 9.59 Å². The van der Waals surface area contributed by atoms with Crippen LogP contribution in [-0.2, 0) is 9.53 Å². The van der Waals surface area contributed by atoms with Gasteiger partial charge in [-0.25, -0.2) is 0 Å². The first-order chi connectivity index (χ1) is 13.5. The largest absolute Gasteiger partial charge is 0.494 e. The predicted octanol–water partition coefficient (Wildman–Crippen LogP) is 2.91. The molecule has 0 radical (unpaired) electrons. The highest BCUT2D eigenvalue weighted by molar-refractivity contribution is 5.98. The summed E-state index contributed by atoms with van der Waals surface area (Å²) >= 11 is 0. The Bertz CT molecular complexity index is 609. The van der Waals surface area contributed by atoms with Crippen molar-refractivity contribution in [2.75, 3.05) is 39.5 Å². The number of carbonyl (C=O) groups excluding carboxylic acids is 2. The molecule has 6 heteroatoms. The summed E-state index contributed by atoms with van der Waals surface area (Å²) in [5.74, 6) is 1.22. The summed E-state index contributed by atoms with van der Waals surface area (Å²) in [6, 6.07) is 7.39. The molecule has 1 aromatic carbocycles. The number of hydrogen-bond donors (Lipinski definition) is 1. The zero-order chi connectivity index (χ0) is 20.4. The topological polar surface area (TPSA) is 67.9 Å². The van der Waals surface area contributed by atoms with E-state index in [1.54, 1.807) is 24.3 Å². The molecule has 1 aromatic rings. The first kappa shape index (κ1) is 22.4. The van der Waals surface area contributed by atoms with Gasteiger partial charge in [0.2, 0.25) is 5.91 Å². The van der Waals surface area contributed by atoms with Crippen LogP contribution in [0.4, 0.5) is 0 Å². The van der Waals surface area contributed by atoms with Gasteiger partial charge in [0.05, 0.1) is 19.8 Å². The Kier molecular flexibility index (Phi) is 9.44. The van der Waals surface area contributed by atoms with E-state index >= 15 is 0 Å². The molecule has 0 spiro atoms. The first-order valence-corrected chi connectivity index (χ1v) is 10.3. The van der Waals surface area contributed by atoms with Crippen molar-refractivity contribution in [3.63, 3.8) is 0 Å². The van der Waals surface area contributed by atoms with Crippen molar-refractivity contribution in [3.05, 3.63) is 29.8 Å². The van der Waals surface area contributed by atoms with Gasteiger partial charge in [0, 0.05) is 44.1 Å². The van der Waals surface area contributed by atoms with Crippen LogP contribution in [0.1, 0.15) is 50.4 Å². The van der Waals surface area contributed by atoms with Crippen LogP contribution in [0.3, 0.4) is 0 Å². The van der Waals surface area contributed by atoms with Crippen LogP contribution in [0.15, 0.2) is 24.3 Å². The van der Waals surface area contributed by atoms with Crippen LogP contribution < -0.4 is 10.1 Å². The number of nitrogens with zero attached hydrogens (tertiary/aromatic N) is 1. The van der Waals surface area contributed by atoms with Gasteiger partial charge in [0.25, 0.3) is 0 Å². The minimum Gasteiger partial charge on any atom is -0.494 e. The summed E-state index contributed by atoms with van der Waals surface area (Å²) in [7, 11) is 0. The van der Waals surface area contributed by atoms with Gasteiger partial charge in [-0.05, 0) is 43.5 Å². The van der Waals surface area contributed by atoms with Gasteiger partial charge in [-0.2, -0.15) is 0 Å². The van der Waals surface area contributed by atoms with Crippen LogP contribution in [-0.4, -0.2) is 62.1 Å². The van der Waals surface area contributed by atoms with Crippen molar-refractivity contribution >= 4 is 11.7 Å². The van der Waals surface area contributed by atoms with Gasteiger partial charge < -0.3 is 14.8 Å². The van der Waals surface area contributed by atoms with E-state index in [1.807, 2.05) is 6.92 Å². The molecule has 28 heavy (non-hydrogen) atoms. The highest BCUT2D eigenvalue weighted by atomic mass is 16.5. The van der Waals surface area contributed by atoms with Gasteiger partial charge >= 0.3 is 0 Å². The lowest BCUT2D eigenvalue weighted by Gasteiger charge is -2.35. The number of ether oxygens (including phenoxy) is 2. The number of benzene rings is 1. The number of Topliss-reactive ketones (excluding diaryl/α,β-unsaturated/α-hetero) is 1. The Morgan fingerprint density at radius 3 is 2.43 bits per heavy atom. The molecular formula is C22H34N2O4. The molecule has 0 aromatic heterocycles. The molecule has 1 unspecified atom stereocenters. The van der Waals surface area contributed by atoms with Crippen LogP contribution in [0.2, 0.25) is 0 Å². The Balaban J connectivity index is 1.77. The van der Waals surface area contributed by atoms with Crippen molar-refractivity contribution in [2.45, 2.75) is 46.1 Å². The van der Waals surface area contributed by atoms with E-state index in [2.05, 4.69) is 24.1 Å². The van der Waals surface area contributed by atoms with Crippen LogP contribution in [0, 0.1) is 5.92 Å². The van der Waals surface area contributed by atoms with E-state index in [0.29, 0.717) is 30.7 Å². The van der Waals surface area contributed by atoms with Gasteiger partial charge in [-0.1, -0.05) is 13.8 Å². The molecule has 1 amide bonds. The zero-order valence-corrected chi connectivity index (χ0v) is 17.4. The molecule has 1 aliphatic heterocycles. The number of nitrogens with one attached hydrogen (secondary N) is 1. The zero-order valence-electron chi connectivity index (χ0n) is 17.4. The van der Waals surface area contributed by atoms with Crippen LogP contribution in [0.5, 0.6) is 5.75 Å². The monoisotopic (exact) mass is 390 g/mol. The summed E-state index contributed by atoms with van der Waals surface area (Å²) in [6.07, 6.45) is 1.46. The maximum atomic E-state index is 12.3. The van der Waals surface area contributed by atoms with E-state index in [4.69, 9.17) is 9.47 Å². The molecular weight excluding hydrogens is 356 g/mol. The second kappa shape index (κ2) is 11.8. The minimum absolute atomic E-state index is 0.0230. The third kappa shape index (κ3) is 7.60. The number of hydrogen-bond acceptors (Lipinski definition) is 5. The highest BCUT2D eigenvalue weighted by Crippen LogP contribution is 2.15. The van der Waals surface area contributed by atoms with Gasteiger partial charge in [-0.15, -0.1) is 0 Å².